The first kappa shape index (κ1) is 10.3. The second-order valence-corrected chi connectivity index (χ2v) is 3.79. The van der Waals surface area contributed by atoms with Gasteiger partial charge in [-0.05, 0) is 13.0 Å². The van der Waals surface area contributed by atoms with Crippen LogP contribution in [0.5, 0.6) is 0 Å². The Hall–Kier alpha value is -1.26. The normalized spacial score (nSPS) is 10.9. The molecule has 0 aliphatic rings. The fraction of sp³-hybridized carbons (Fsp3) is 0.300. The molecule has 2 aromatic heterocycles. The van der Waals surface area contributed by atoms with Gasteiger partial charge in [-0.2, -0.15) is 5.10 Å². The minimum atomic E-state index is 0.495. The number of halogens is 1. The number of aryl methyl sites for hydroxylation is 1. The van der Waals surface area contributed by atoms with Gasteiger partial charge in [-0.25, -0.2) is 0 Å². The number of hydrogen-bond donors (Lipinski definition) is 1. The monoisotopic (exact) mass is 225 g/mol. The summed E-state index contributed by atoms with van der Waals surface area (Å²) < 4.78 is 7.26. The van der Waals surface area contributed by atoms with Crippen molar-refractivity contribution in [3.05, 3.63) is 40.6 Å². The number of furan rings is 1. The SMILES string of the molecule is Cc1oc(Cn2cc(Cl)cn2)cc1CN. The Morgan fingerprint density at radius 1 is 1.60 bits per heavy atom. The molecular formula is C10H12ClN3O. The number of nitrogens with two attached hydrogens (primary N) is 1. The van der Waals surface area contributed by atoms with Gasteiger partial charge >= 0.3 is 0 Å². The first-order valence-electron chi connectivity index (χ1n) is 4.65. The maximum Gasteiger partial charge on any atom is 0.125 e. The van der Waals surface area contributed by atoms with Gasteiger partial charge < -0.3 is 10.2 Å². The topological polar surface area (TPSA) is 57.0 Å². The summed E-state index contributed by atoms with van der Waals surface area (Å²) in [6.07, 6.45) is 3.35. The van der Waals surface area contributed by atoms with E-state index in [1.165, 1.54) is 0 Å². The average molecular weight is 226 g/mol. The highest BCUT2D eigenvalue weighted by Gasteiger charge is 2.06. The Balaban J connectivity index is 2.17. The third-order valence-corrected chi connectivity index (χ3v) is 2.41. The van der Waals surface area contributed by atoms with Gasteiger partial charge in [-0.3, -0.25) is 4.68 Å². The van der Waals surface area contributed by atoms with Gasteiger partial charge in [0.15, 0.2) is 0 Å². The zero-order valence-corrected chi connectivity index (χ0v) is 9.16. The van der Waals surface area contributed by atoms with Gasteiger partial charge in [0.1, 0.15) is 11.5 Å². The molecule has 0 aliphatic heterocycles. The maximum atomic E-state index is 5.76. The summed E-state index contributed by atoms with van der Waals surface area (Å²) in [6.45, 7) is 2.98. The molecule has 0 amide bonds. The average Bonchev–Trinajstić information content (AvgIpc) is 2.73. The van der Waals surface area contributed by atoms with Crippen molar-refractivity contribution in [1.82, 2.24) is 9.78 Å². The van der Waals surface area contributed by atoms with Gasteiger partial charge in [0.2, 0.25) is 0 Å². The van der Waals surface area contributed by atoms with Crippen molar-refractivity contribution in [2.75, 3.05) is 0 Å². The molecule has 0 spiro atoms. The fourth-order valence-electron chi connectivity index (χ4n) is 1.45. The highest BCUT2D eigenvalue weighted by atomic mass is 35.5. The van der Waals surface area contributed by atoms with Crippen LogP contribution < -0.4 is 5.73 Å². The van der Waals surface area contributed by atoms with Crippen molar-refractivity contribution in [3.63, 3.8) is 0 Å². The lowest BCUT2D eigenvalue weighted by Crippen LogP contribution is -1.98. The maximum absolute atomic E-state index is 5.76. The molecule has 0 saturated carbocycles. The van der Waals surface area contributed by atoms with Crippen LogP contribution in [0.25, 0.3) is 0 Å². The minimum Gasteiger partial charge on any atom is -0.464 e. The van der Waals surface area contributed by atoms with E-state index in [9.17, 15) is 0 Å². The van der Waals surface area contributed by atoms with Gasteiger partial charge in [0.05, 0.1) is 17.8 Å². The standard InChI is InChI=1S/C10H12ClN3O/c1-7-8(3-12)2-10(15-7)6-14-5-9(11)4-13-14/h2,4-5H,3,6,12H2,1H3. The van der Waals surface area contributed by atoms with Crippen LogP contribution in [-0.4, -0.2) is 9.78 Å². The summed E-state index contributed by atoms with van der Waals surface area (Å²) in [4.78, 5) is 0. The third kappa shape index (κ3) is 2.22. The van der Waals surface area contributed by atoms with Crippen LogP contribution in [0.1, 0.15) is 17.1 Å². The van der Waals surface area contributed by atoms with Crippen LogP contribution in [0.3, 0.4) is 0 Å². The Morgan fingerprint density at radius 2 is 2.40 bits per heavy atom. The summed E-state index contributed by atoms with van der Waals surface area (Å²) in [7, 11) is 0. The van der Waals surface area contributed by atoms with Crippen LogP contribution in [0.4, 0.5) is 0 Å². The lowest BCUT2D eigenvalue weighted by Gasteiger charge is -1.95. The van der Waals surface area contributed by atoms with Crippen LogP contribution in [0, 0.1) is 6.92 Å². The van der Waals surface area contributed by atoms with Crippen molar-refractivity contribution in [3.8, 4) is 0 Å². The van der Waals surface area contributed by atoms with Crippen molar-refractivity contribution < 1.29 is 4.42 Å². The lowest BCUT2D eigenvalue weighted by atomic mass is 10.2. The molecule has 2 heterocycles. The molecule has 0 atom stereocenters. The second-order valence-electron chi connectivity index (χ2n) is 3.35. The number of hydrogen-bond acceptors (Lipinski definition) is 3. The van der Waals surface area contributed by atoms with Crippen molar-refractivity contribution in [2.45, 2.75) is 20.0 Å². The van der Waals surface area contributed by atoms with E-state index >= 15 is 0 Å². The molecule has 0 aliphatic carbocycles. The van der Waals surface area contributed by atoms with E-state index < -0.39 is 0 Å². The highest BCUT2D eigenvalue weighted by molar-refractivity contribution is 6.30. The third-order valence-electron chi connectivity index (χ3n) is 2.21. The first-order valence-corrected chi connectivity index (χ1v) is 5.03. The van der Waals surface area contributed by atoms with Gasteiger partial charge in [0.25, 0.3) is 0 Å². The molecule has 2 aromatic rings. The number of aromatic nitrogens is 2. The summed E-state index contributed by atoms with van der Waals surface area (Å²) in [6, 6.07) is 1.95. The van der Waals surface area contributed by atoms with E-state index in [1.54, 1.807) is 17.1 Å². The molecule has 0 fully saturated rings. The molecular weight excluding hydrogens is 214 g/mol. The fourth-order valence-corrected chi connectivity index (χ4v) is 1.61. The number of rotatable bonds is 3. The lowest BCUT2D eigenvalue weighted by molar-refractivity contribution is 0.457. The molecule has 80 valence electrons. The Morgan fingerprint density at radius 3 is 2.93 bits per heavy atom. The minimum absolute atomic E-state index is 0.495. The molecule has 0 aromatic carbocycles. The molecule has 0 bridgehead atoms. The largest absolute Gasteiger partial charge is 0.464 e. The highest BCUT2D eigenvalue weighted by Crippen LogP contribution is 2.15. The predicted octanol–water partition coefficient (Wildman–Crippen LogP) is 1.94. The smallest absolute Gasteiger partial charge is 0.125 e. The predicted molar refractivity (Wildman–Crippen MR) is 57.7 cm³/mol. The van der Waals surface area contributed by atoms with Gasteiger partial charge in [-0.1, -0.05) is 11.6 Å². The number of nitrogens with zero attached hydrogens (tertiary/aromatic N) is 2. The van der Waals surface area contributed by atoms with Crippen LogP contribution in [0.15, 0.2) is 22.9 Å². The van der Waals surface area contributed by atoms with Crippen molar-refractivity contribution in [1.29, 1.82) is 0 Å². The van der Waals surface area contributed by atoms with Gasteiger partial charge in [0, 0.05) is 18.3 Å². The quantitative estimate of drug-likeness (QED) is 0.869. The second kappa shape index (κ2) is 4.08. The van der Waals surface area contributed by atoms with E-state index in [-0.39, 0.29) is 0 Å². The first-order chi connectivity index (χ1) is 7.19. The summed E-state index contributed by atoms with van der Waals surface area (Å²) in [5, 5.41) is 4.69. The van der Waals surface area contributed by atoms with Crippen molar-refractivity contribution >= 4 is 11.6 Å². The summed E-state index contributed by atoms with van der Waals surface area (Å²) >= 11 is 5.76. The summed E-state index contributed by atoms with van der Waals surface area (Å²) in [5.74, 6) is 1.71. The van der Waals surface area contributed by atoms with Crippen LogP contribution in [0.2, 0.25) is 5.02 Å². The molecule has 0 unspecified atom stereocenters. The van der Waals surface area contributed by atoms with Crippen molar-refractivity contribution in [2.24, 2.45) is 5.73 Å². The molecule has 0 radical (unpaired) electrons. The van der Waals surface area contributed by atoms with E-state index in [2.05, 4.69) is 5.10 Å². The van der Waals surface area contributed by atoms with E-state index in [4.69, 9.17) is 21.8 Å². The molecule has 15 heavy (non-hydrogen) atoms. The molecule has 2 N–H and O–H groups in total. The summed E-state index contributed by atoms with van der Waals surface area (Å²) in [5.41, 5.74) is 6.59. The van der Waals surface area contributed by atoms with Crippen LogP contribution in [-0.2, 0) is 13.1 Å². The zero-order chi connectivity index (χ0) is 10.8. The van der Waals surface area contributed by atoms with Crippen LogP contribution >= 0.6 is 11.6 Å². The Labute approximate surface area is 92.6 Å². The van der Waals surface area contributed by atoms with Gasteiger partial charge in [-0.15, -0.1) is 0 Å². The van der Waals surface area contributed by atoms with E-state index in [0.717, 1.165) is 17.1 Å². The van der Waals surface area contributed by atoms with E-state index in [1.807, 2.05) is 13.0 Å². The molecule has 2 rings (SSSR count). The Kier molecular flexibility index (Phi) is 2.79. The molecule has 0 saturated heterocycles. The molecule has 5 heteroatoms. The zero-order valence-electron chi connectivity index (χ0n) is 8.40. The molecule has 4 nitrogen and oxygen atoms in total. The Bertz CT molecular complexity index is 461. The van der Waals surface area contributed by atoms with E-state index in [0.29, 0.717) is 18.1 Å².